The highest BCUT2D eigenvalue weighted by molar-refractivity contribution is 7.89. The van der Waals surface area contributed by atoms with Crippen molar-refractivity contribution in [2.45, 2.75) is 24.3 Å². The molecule has 1 aliphatic heterocycles. The molecule has 1 aliphatic rings. The van der Waals surface area contributed by atoms with Gasteiger partial charge in [0, 0.05) is 32.0 Å². The molecule has 4 rings (SSSR count). The normalized spacial score (nSPS) is 14.7. The van der Waals surface area contributed by atoms with E-state index in [4.69, 9.17) is 0 Å². The second-order valence-corrected chi connectivity index (χ2v) is 8.88. The van der Waals surface area contributed by atoms with Crippen LogP contribution >= 0.6 is 0 Å². The van der Waals surface area contributed by atoms with Gasteiger partial charge in [0.15, 0.2) is 0 Å². The van der Waals surface area contributed by atoms with Crippen LogP contribution < -0.4 is 5.32 Å². The summed E-state index contributed by atoms with van der Waals surface area (Å²) in [5, 5.41) is 2.72. The van der Waals surface area contributed by atoms with Gasteiger partial charge in [0.1, 0.15) is 28.6 Å². The van der Waals surface area contributed by atoms with Crippen molar-refractivity contribution in [2.75, 3.05) is 13.1 Å². The summed E-state index contributed by atoms with van der Waals surface area (Å²) >= 11 is 0. The van der Waals surface area contributed by atoms with Crippen molar-refractivity contribution in [3.05, 3.63) is 72.2 Å². The zero-order chi connectivity index (χ0) is 21.1. The van der Waals surface area contributed by atoms with Gasteiger partial charge in [-0.2, -0.15) is 4.31 Å². The highest BCUT2D eigenvalue weighted by Crippen LogP contribution is 2.20. The molecule has 2 aromatic heterocycles. The first-order chi connectivity index (χ1) is 14.4. The average Bonchev–Trinajstić information content (AvgIpc) is 3.46. The van der Waals surface area contributed by atoms with Crippen molar-refractivity contribution in [3.8, 4) is 5.82 Å². The fourth-order valence-electron chi connectivity index (χ4n) is 3.20. The molecule has 8 nitrogen and oxygen atoms in total. The minimum atomic E-state index is -3.52. The van der Waals surface area contributed by atoms with Crippen LogP contribution in [-0.4, -0.2) is 46.3 Å². The average molecular weight is 429 g/mol. The van der Waals surface area contributed by atoms with E-state index < -0.39 is 10.0 Å². The van der Waals surface area contributed by atoms with Gasteiger partial charge in [-0.25, -0.2) is 22.8 Å². The van der Waals surface area contributed by atoms with Crippen molar-refractivity contribution in [2.24, 2.45) is 0 Å². The Balaban J connectivity index is 1.43. The van der Waals surface area contributed by atoms with Crippen LogP contribution in [-0.2, 0) is 16.6 Å². The molecular formula is C20H20FN5O3S. The smallest absolute Gasteiger partial charge is 0.271 e. The number of hydrogen-bond acceptors (Lipinski definition) is 5. The number of carbonyl (C=O) groups excluding carboxylic acids is 1. The van der Waals surface area contributed by atoms with E-state index >= 15 is 0 Å². The van der Waals surface area contributed by atoms with Gasteiger partial charge in [0.05, 0.1) is 0 Å². The van der Waals surface area contributed by atoms with E-state index in [1.165, 1.54) is 41.2 Å². The topological polar surface area (TPSA) is 97.2 Å². The number of imidazole rings is 1. The van der Waals surface area contributed by atoms with Gasteiger partial charge in [0.2, 0.25) is 10.0 Å². The second kappa shape index (κ2) is 8.33. The van der Waals surface area contributed by atoms with Crippen LogP contribution in [0.5, 0.6) is 0 Å². The van der Waals surface area contributed by atoms with E-state index in [-0.39, 0.29) is 28.9 Å². The van der Waals surface area contributed by atoms with Gasteiger partial charge >= 0.3 is 0 Å². The minimum Gasteiger partial charge on any atom is -0.347 e. The van der Waals surface area contributed by atoms with Crippen LogP contribution in [0.25, 0.3) is 5.82 Å². The molecule has 0 saturated carbocycles. The minimum absolute atomic E-state index is 0.144. The quantitative estimate of drug-likeness (QED) is 0.647. The van der Waals surface area contributed by atoms with Crippen molar-refractivity contribution < 1.29 is 17.6 Å². The first kappa shape index (κ1) is 20.2. The Hall–Kier alpha value is -3.11. The first-order valence-electron chi connectivity index (χ1n) is 9.47. The van der Waals surface area contributed by atoms with E-state index in [1.54, 1.807) is 22.8 Å². The Morgan fingerprint density at radius 3 is 2.47 bits per heavy atom. The molecule has 0 aliphatic carbocycles. The van der Waals surface area contributed by atoms with Crippen LogP contribution in [0.4, 0.5) is 4.39 Å². The number of carbonyl (C=O) groups is 1. The number of sulfonamides is 1. The molecule has 1 fully saturated rings. The predicted molar refractivity (Wildman–Crippen MR) is 107 cm³/mol. The maximum absolute atomic E-state index is 12.9. The summed E-state index contributed by atoms with van der Waals surface area (Å²) in [5.74, 6) is -0.276. The summed E-state index contributed by atoms with van der Waals surface area (Å²) in [4.78, 5) is 20.7. The van der Waals surface area contributed by atoms with Crippen molar-refractivity contribution >= 4 is 15.9 Å². The van der Waals surface area contributed by atoms with Crippen molar-refractivity contribution in [3.63, 3.8) is 0 Å². The van der Waals surface area contributed by atoms with E-state index in [0.29, 0.717) is 18.9 Å². The van der Waals surface area contributed by atoms with E-state index in [0.717, 1.165) is 18.4 Å². The number of nitrogens with zero attached hydrogens (tertiary/aromatic N) is 4. The predicted octanol–water partition coefficient (Wildman–Crippen LogP) is 2.12. The fraction of sp³-hybridized carbons (Fsp3) is 0.250. The molecule has 10 heteroatoms. The molecule has 156 valence electrons. The molecule has 0 bridgehead atoms. The maximum Gasteiger partial charge on any atom is 0.271 e. The fourth-order valence-corrected chi connectivity index (χ4v) is 4.66. The molecule has 3 heterocycles. The number of benzene rings is 1. The van der Waals surface area contributed by atoms with Crippen LogP contribution in [0.2, 0.25) is 0 Å². The highest BCUT2D eigenvalue weighted by atomic mass is 32.2. The molecule has 1 N–H and O–H groups in total. The lowest BCUT2D eigenvalue weighted by Crippen LogP contribution is -2.27. The number of aromatic nitrogens is 3. The molecule has 30 heavy (non-hydrogen) atoms. The van der Waals surface area contributed by atoms with Crippen LogP contribution in [0.1, 0.15) is 28.9 Å². The Morgan fingerprint density at radius 2 is 1.80 bits per heavy atom. The van der Waals surface area contributed by atoms with E-state index in [1.807, 2.05) is 0 Å². The zero-order valence-electron chi connectivity index (χ0n) is 16.0. The van der Waals surface area contributed by atoms with Crippen molar-refractivity contribution in [1.82, 2.24) is 24.2 Å². The van der Waals surface area contributed by atoms with Crippen LogP contribution in [0.15, 0.2) is 60.0 Å². The molecule has 1 saturated heterocycles. The van der Waals surface area contributed by atoms with Gasteiger partial charge in [-0.1, -0.05) is 12.1 Å². The molecule has 1 aromatic carbocycles. The third-order valence-corrected chi connectivity index (χ3v) is 6.75. The highest BCUT2D eigenvalue weighted by Gasteiger charge is 2.27. The summed E-state index contributed by atoms with van der Waals surface area (Å²) in [6, 6.07) is 8.92. The lowest BCUT2D eigenvalue weighted by Gasteiger charge is -2.15. The summed E-state index contributed by atoms with van der Waals surface area (Å²) < 4.78 is 41.1. The van der Waals surface area contributed by atoms with Crippen LogP contribution in [0.3, 0.4) is 0 Å². The largest absolute Gasteiger partial charge is 0.347 e. The lowest BCUT2D eigenvalue weighted by atomic mass is 10.2. The van der Waals surface area contributed by atoms with Crippen LogP contribution in [0, 0.1) is 5.82 Å². The van der Waals surface area contributed by atoms with E-state index in [2.05, 4.69) is 15.3 Å². The molecule has 1 amide bonds. The zero-order valence-corrected chi connectivity index (χ0v) is 16.8. The maximum atomic E-state index is 12.9. The standard InChI is InChI=1S/C20H20FN5O3S/c21-16-5-3-15(4-6-16)11-23-20(27)18-13-25(14-24-18)19-8-7-17(12-22-19)30(28,29)26-9-1-2-10-26/h3-8,12-14H,1-2,9-11H2,(H,23,27). The van der Waals surface area contributed by atoms with Crippen molar-refractivity contribution in [1.29, 1.82) is 0 Å². The Labute approximate surface area is 173 Å². The number of amides is 1. The summed E-state index contributed by atoms with van der Waals surface area (Å²) in [6.07, 6.45) is 6.00. The third kappa shape index (κ3) is 4.24. The molecule has 3 aromatic rings. The second-order valence-electron chi connectivity index (χ2n) is 6.94. The number of rotatable bonds is 6. The SMILES string of the molecule is O=C(NCc1ccc(F)cc1)c1cn(-c2ccc(S(=O)(=O)N3CCCC3)cn2)cn1. The van der Waals surface area contributed by atoms with Gasteiger partial charge < -0.3 is 5.32 Å². The Kier molecular flexibility index (Phi) is 5.60. The van der Waals surface area contributed by atoms with Gasteiger partial charge in [0.25, 0.3) is 5.91 Å². The third-order valence-electron chi connectivity index (χ3n) is 4.87. The molecule has 0 unspecified atom stereocenters. The Bertz CT molecular complexity index is 1140. The number of halogens is 1. The van der Waals surface area contributed by atoms with E-state index in [9.17, 15) is 17.6 Å². The number of hydrogen-bond donors (Lipinski definition) is 1. The number of nitrogens with one attached hydrogen (secondary N) is 1. The van der Waals surface area contributed by atoms with Gasteiger partial charge in [-0.15, -0.1) is 0 Å². The number of pyridine rings is 1. The van der Waals surface area contributed by atoms with Gasteiger partial charge in [-0.05, 0) is 42.7 Å². The summed E-state index contributed by atoms with van der Waals surface area (Å²) in [6.45, 7) is 1.30. The first-order valence-corrected chi connectivity index (χ1v) is 10.9. The Morgan fingerprint density at radius 1 is 1.07 bits per heavy atom. The molecule has 0 spiro atoms. The molecule has 0 atom stereocenters. The summed E-state index contributed by atoms with van der Waals surface area (Å²) in [7, 11) is -3.52. The molecule has 0 radical (unpaired) electrons. The summed E-state index contributed by atoms with van der Waals surface area (Å²) in [5.41, 5.74) is 0.952. The molecular weight excluding hydrogens is 409 g/mol. The monoisotopic (exact) mass is 429 g/mol. The lowest BCUT2D eigenvalue weighted by molar-refractivity contribution is 0.0946. The van der Waals surface area contributed by atoms with Gasteiger partial charge in [-0.3, -0.25) is 9.36 Å².